The van der Waals surface area contributed by atoms with Crippen molar-refractivity contribution < 1.29 is 14.3 Å². The standard InChI is InChI=1S/C16H20ClNO3S/c17-13-6-2-3-7-14(13)22-11-8-16(20)21-12-15(19)18-9-4-1-5-10-18/h2-3,6-7H,1,4-5,8-12H2. The third-order valence-corrected chi connectivity index (χ3v) is 4.98. The fourth-order valence-corrected chi connectivity index (χ4v) is 3.42. The fourth-order valence-electron chi connectivity index (χ4n) is 2.26. The molecule has 0 N–H and O–H groups in total. The lowest BCUT2D eigenvalue weighted by Crippen LogP contribution is -2.38. The third kappa shape index (κ3) is 5.54. The van der Waals surface area contributed by atoms with Gasteiger partial charge in [0.05, 0.1) is 11.4 Å². The number of likely N-dealkylation sites (tertiary alicyclic amines) is 1. The van der Waals surface area contributed by atoms with Crippen molar-refractivity contribution in [3.8, 4) is 0 Å². The van der Waals surface area contributed by atoms with E-state index in [4.69, 9.17) is 16.3 Å². The van der Waals surface area contributed by atoms with Crippen LogP contribution in [0.1, 0.15) is 25.7 Å². The van der Waals surface area contributed by atoms with E-state index in [1.165, 1.54) is 18.2 Å². The number of amides is 1. The highest BCUT2D eigenvalue weighted by Gasteiger charge is 2.17. The fraction of sp³-hybridized carbons (Fsp3) is 0.500. The van der Waals surface area contributed by atoms with E-state index < -0.39 is 0 Å². The first-order chi connectivity index (χ1) is 10.7. The molecule has 0 aliphatic carbocycles. The van der Waals surface area contributed by atoms with Crippen molar-refractivity contribution in [3.63, 3.8) is 0 Å². The summed E-state index contributed by atoms with van der Waals surface area (Å²) in [5, 5.41) is 0.682. The van der Waals surface area contributed by atoms with Gasteiger partial charge >= 0.3 is 5.97 Å². The van der Waals surface area contributed by atoms with E-state index in [0.717, 1.165) is 30.8 Å². The Hall–Kier alpha value is -1.20. The van der Waals surface area contributed by atoms with Crippen molar-refractivity contribution in [2.45, 2.75) is 30.6 Å². The lowest BCUT2D eigenvalue weighted by atomic mass is 10.1. The van der Waals surface area contributed by atoms with Gasteiger partial charge in [-0.15, -0.1) is 11.8 Å². The van der Waals surface area contributed by atoms with Gasteiger partial charge in [-0.1, -0.05) is 23.7 Å². The molecule has 1 aliphatic heterocycles. The van der Waals surface area contributed by atoms with Gasteiger partial charge in [-0.05, 0) is 31.4 Å². The van der Waals surface area contributed by atoms with Crippen LogP contribution < -0.4 is 0 Å². The van der Waals surface area contributed by atoms with E-state index in [9.17, 15) is 9.59 Å². The summed E-state index contributed by atoms with van der Waals surface area (Å²) >= 11 is 7.55. The van der Waals surface area contributed by atoms with Crippen LogP contribution in [-0.4, -0.2) is 42.2 Å². The Morgan fingerprint density at radius 2 is 1.91 bits per heavy atom. The first-order valence-electron chi connectivity index (χ1n) is 7.47. The van der Waals surface area contributed by atoms with E-state index in [-0.39, 0.29) is 24.9 Å². The summed E-state index contributed by atoms with van der Waals surface area (Å²) in [6.45, 7) is 1.41. The van der Waals surface area contributed by atoms with Crippen LogP contribution in [0.15, 0.2) is 29.2 Å². The molecule has 0 aromatic heterocycles. The van der Waals surface area contributed by atoms with Gasteiger partial charge in [-0.25, -0.2) is 0 Å². The Kier molecular flexibility index (Phi) is 7.06. The van der Waals surface area contributed by atoms with Gasteiger partial charge in [0.15, 0.2) is 6.61 Å². The van der Waals surface area contributed by atoms with Crippen LogP contribution in [0, 0.1) is 0 Å². The van der Waals surface area contributed by atoms with Gasteiger partial charge in [0.25, 0.3) is 5.91 Å². The number of rotatable bonds is 6. The molecule has 1 heterocycles. The maximum absolute atomic E-state index is 11.9. The Labute approximate surface area is 140 Å². The highest BCUT2D eigenvalue weighted by molar-refractivity contribution is 7.99. The summed E-state index contributed by atoms with van der Waals surface area (Å²) in [4.78, 5) is 26.3. The van der Waals surface area contributed by atoms with Gasteiger partial charge < -0.3 is 9.64 Å². The first-order valence-corrected chi connectivity index (χ1v) is 8.84. The lowest BCUT2D eigenvalue weighted by molar-refractivity contribution is -0.152. The number of piperidine rings is 1. The van der Waals surface area contributed by atoms with Gasteiger partial charge in [0.1, 0.15) is 0 Å². The minimum atomic E-state index is -0.343. The second-order valence-corrected chi connectivity index (χ2v) is 6.67. The van der Waals surface area contributed by atoms with Crippen molar-refractivity contribution >= 4 is 35.2 Å². The average molecular weight is 342 g/mol. The number of thioether (sulfide) groups is 1. The summed E-state index contributed by atoms with van der Waals surface area (Å²) in [5.74, 6) is 0.150. The lowest BCUT2D eigenvalue weighted by Gasteiger charge is -2.26. The predicted octanol–water partition coefficient (Wildman–Crippen LogP) is 3.38. The zero-order chi connectivity index (χ0) is 15.8. The van der Waals surface area contributed by atoms with E-state index in [0.29, 0.717) is 10.8 Å². The molecule has 1 amide bonds. The first kappa shape index (κ1) is 17.2. The second kappa shape index (κ2) is 9.06. The average Bonchev–Trinajstić information content (AvgIpc) is 2.55. The highest BCUT2D eigenvalue weighted by atomic mass is 35.5. The smallest absolute Gasteiger partial charge is 0.307 e. The van der Waals surface area contributed by atoms with Crippen LogP contribution in [-0.2, 0) is 14.3 Å². The Morgan fingerprint density at radius 1 is 1.18 bits per heavy atom. The number of halogens is 1. The van der Waals surface area contributed by atoms with Crippen molar-refractivity contribution in [1.29, 1.82) is 0 Å². The molecule has 1 aromatic carbocycles. The van der Waals surface area contributed by atoms with Gasteiger partial charge in [0, 0.05) is 23.7 Å². The Bertz CT molecular complexity index is 518. The Morgan fingerprint density at radius 3 is 2.64 bits per heavy atom. The maximum atomic E-state index is 11.9. The largest absolute Gasteiger partial charge is 0.456 e. The topological polar surface area (TPSA) is 46.6 Å². The molecule has 1 aliphatic rings. The van der Waals surface area contributed by atoms with E-state index in [2.05, 4.69) is 0 Å². The molecule has 120 valence electrons. The summed E-state index contributed by atoms with van der Waals surface area (Å²) in [7, 11) is 0. The number of benzene rings is 1. The van der Waals surface area contributed by atoms with Crippen LogP contribution in [0.2, 0.25) is 5.02 Å². The second-order valence-electron chi connectivity index (χ2n) is 5.13. The molecule has 2 rings (SSSR count). The van der Waals surface area contributed by atoms with Crippen molar-refractivity contribution in [2.24, 2.45) is 0 Å². The van der Waals surface area contributed by atoms with Crippen molar-refractivity contribution in [3.05, 3.63) is 29.3 Å². The van der Waals surface area contributed by atoms with E-state index in [1.54, 1.807) is 4.90 Å². The number of nitrogens with zero attached hydrogens (tertiary/aromatic N) is 1. The molecule has 0 atom stereocenters. The van der Waals surface area contributed by atoms with Crippen molar-refractivity contribution in [2.75, 3.05) is 25.4 Å². The summed E-state index contributed by atoms with van der Waals surface area (Å²) < 4.78 is 5.05. The Balaban J connectivity index is 1.63. The summed E-state index contributed by atoms with van der Waals surface area (Å²) in [5.41, 5.74) is 0. The third-order valence-electron chi connectivity index (χ3n) is 3.47. The minimum Gasteiger partial charge on any atom is -0.456 e. The number of carbonyl (C=O) groups excluding carboxylic acids is 2. The van der Waals surface area contributed by atoms with Gasteiger partial charge in [0.2, 0.25) is 0 Å². The number of hydrogen-bond donors (Lipinski definition) is 0. The van der Waals surface area contributed by atoms with Gasteiger partial charge in [-0.3, -0.25) is 9.59 Å². The van der Waals surface area contributed by atoms with Crippen LogP contribution >= 0.6 is 23.4 Å². The van der Waals surface area contributed by atoms with E-state index >= 15 is 0 Å². The molecular formula is C16H20ClNO3S. The van der Waals surface area contributed by atoms with Crippen LogP contribution in [0.5, 0.6) is 0 Å². The molecule has 0 bridgehead atoms. The molecule has 0 unspecified atom stereocenters. The number of hydrogen-bond acceptors (Lipinski definition) is 4. The molecule has 0 spiro atoms. The molecular weight excluding hydrogens is 322 g/mol. The molecule has 0 radical (unpaired) electrons. The monoisotopic (exact) mass is 341 g/mol. The van der Waals surface area contributed by atoms with E-state index in [1.807, 2.05) is 24.3 Å². The van der Waals surface area contributed by atoms with Gasteiger partial charge in [-0.2, -0.15) is 0 Å². The van der Waals surface area contributed by atoms with Crippen LogP contribution in [0.25, 0.3) is 0 Å². The molecule has 1 saturated heterocycles. The molecule has 0 saturated carbocycles. The summed E-state index contributed by atoms with van der Waals surface area (Å²) in [6, 6.07) is 7.51. The van der Waals surface area contributed by atoms with Crippen LogP contribution in [0.4, 0.5) is 0 Å². The molecule has 22 heavy (non-hydrogen) atoms. The highest BCUT2D eigenvalue weighted by Crippen LogP contribution is 2.26. The normalized spacial score (nSPS) is 14.7. The quantitative estimate of drug-likeness (QED) is 0.588. The number of carbonyl (C=O) groups is 2. The molecule has 6 heteroatoms. The maximum Gasteiger partial charge on any atom is 0.307 e. The minimum absolute atomic E-state index is 0.0909. The molecule has 4 nitrogen and oxygen atoms in total. The predicted molar refractivity (Wildman–Crippen MR) is 88.2 cm³/mol. The van der Waals surface area contributed by atoms with Crippen LogP contribution in [0.3, 0.4) is 0 Å². The number of esters is 1. The molecule has 1 aromatic rings. The summed E-state index contributed by atoms with van der Waals surface area (Å²) in [6.07, 6.45) is 3.51. The number of ether oxygens (including phenoxy) is 1. The molecule has 1 fully saturated rings. The zero-order valence-electron chi connectivity index (χ0n) is 12.4. The van der Waals surface area contributed by atoms with Crippen molar-refractivity contribution in [1.82, 2.24) is 4.90 Å². The SMILES string of the molecule is O=C(CCSc1ccccc1Cl)OCC(=O)N1CCCCC1. The zero-order valence-corrected chi connectivity index (χ0v) is 14.0.